The van der Waals surface area contributed by atoms with Gasteiger partial charge in [0.25, 0.3) is 0 Å². The fraction of sp³-hybridized carbons (Fsp3) is 0.500. The standard InChI is InChI=1S/C12H18S2/c1-10-5-6-12(9-11(10)2)14-8-4-3-7-13/h5-6,9,13H,3-4,7-8H2,1-2H3. The van der Waals surface area contributed by atoms with E-state index in [9.17, 15) is 0 Å². The summed E-state index contributed by atoms with van der Waals surface area (Å²) < 4.78 is 0. The second-order valence-corrected chi connectivity index (χ2v) is 5.14. The maximum Gasteiger partial charge on any atom is 0.00747 e. The first kappa shape index (κ1) is 12.0. The van der Waals surface area contributed by atoms with Crippen LogP contribution in [0.3, 0.4) is 0 Å². The predicted octanol–water partition coefficient (Wildman–Crippen LogP) is 4.11. The van der Waals surface area contributed by atoms with Crippen molar-refractivity contribution in [3.05, 3.63) is 29.3 Å². The van der Waals surface area contributed by atoms with Crippen molar-refractivity contribution < 1.29 is 0 Å². The Morgan fingerprint density at radius 3 is 2.57 bits per heavy atom. The van der Waals surface area contributed by atoms with Gasteiger partial charge in [-0.3, -0.25) is 0 Å². The van der Waals surface area contributed by atoms with Gasteiger partial charge in [0.15, 0.2) is 0 Å². The minimum Gasteiger partial charge on any atom is -0.179 e. The molecule has 78 valence electrons. The number of hydrogen-bond donors (Lipinski definition) is 1. The van der Waals surface area contributed by atoms with Gasteiger partial charge in [-0.1, -0.05) is 6.07 Å². The largest absolute Gasteiger partial charge is 0.179 e. The molecule has 0 aliphatic carbocycles. The van der Waals surface area contributed by atoms with Gasteiger partial charge < -0.3 is 0 Å². The summed E-state index contributed by atoms with van der Waals surface area (Å²) in [5, 5.41) is 0. The summed E-state index contributed by atoms with van der Waals surface area (Å²) in [7, 11) is 0. The van der Waals surface area contributed by atoms with Crippen LogP contribution in [0.4, 0.5) is 0 Å². The normalized spacial score (nSPS) is 10.5. The Bertz CT molecular complexity index is 282. The van der Waals surface area contributed by atoms with Gasteiger partial charge in [0.2, 0.25) is 0 Å². The lowest BCUT2D eigenvalue weighted by Crippen LogP contribution is -1.84. The van der Waals surface area contributed by atoms with Crippen molar-refractivity contribution in [2.75, 3.05) is 11.5 Å². The van der Waals surface area contributed by atoms with Crippen LogP contribution in [-0.2, 0) is 0 Å². The highest BCUT2D eigenvalue weighted by Gasteiger charge is 1.96. The Hall–Kier alpha value is -0.0800. The highest BCUT2D eigenvalue weighted by atomic mass is 32.2. The summed E-state index contributed by atoms with van der Waals surface area (Å²) in [6.45, 7) is 4.33. The smallest absolute Gasteiger partial charge is 0.00747 e. The molecule has 0 spiro atoms. The Balaban J connectivity index is 2.39. The first-order valence-corrected chi connectivity index (χ1v) is 6.67. The summed E-state index contributed by atoms with van der Waals surface area (Å²) in [6, 6.07) is 6.70. The Morgan fingerprint density at radius 1 is 1.14 bits per heavy atom. The second kappa shape index (κ2) is 6.41. The molecular formula is C12H18S2. The first-order chi connectivity index (χ1) is 6.74. The van der Waals surface area contributed by atoms with Crippen LogP contribution in [0.15, 0.2) is 23.1 Å². The van der Waals surface area contributed by atoms with Crippen LogP contribution in [0.1, 0.15) is 24.0 Å². The van der Waals surface area contributed by atoms with Gasteiger partial charge in [-0.2, -0.15) is 12.6 Å². The van der Waals surface area contributed by atoms with Crippen molar-refractivity contribution in [1.82, 2.24) is 0 Å². The highest BCUT2D eigenvalue weighted by molar-refractivity contribution is 7.99. The number of hydrogen-bond acceptors (Lipinski definition) is 2. The molecule has 2 heteroatoms. The van der Waals surface area contributed by atoms with E-state index >= 15 is 0 Å². The number of rotatable bonds is 5. The quantitative estimate of drug-likeness (QED) is 0.448. The van der Waals surface area contributed by atoms with Crippen LogP contribution in [0.5, 0.6) is 0 Å². The van der Waals surface area contributed by atoms with E-state index in [1.807, 2.05) is 11.8 Å². The van der Waals surface area contributed by atoms with Gasteiger partial charge in [-0.15, -0.1) is 11.8 Å². The van der Waals surface area contributed by atoms with Crippen molar-refractivity contribution in [3.8, 4) is 0 Å². The molecule has 0 heterocycles. The second-order valence-electron chi connectivity index (χ2n) is 3.53. The molecule has 0 aliphatic rings. The van der Waals surface area contributed by atoms with Crippen molar-refractivity contribution in [1.29, 1.82) is 0 Å². The number of aryl methyl sites for hydroxylation is 2. The summed E-state index contributed by atoms with van der Waals surface area (Å²) in [6.07, 6.45) is 2.49. The summed E-state index contributed by atoms with van der Waals surface area (Å²) in [4.78, 5) is 1.40. The SMILES string of the molecule is Cc1ccc(SCCCCS)cc1C. The lowest BCUT2D eigenvalue weighted by molar-refractivity contribution is 0.909. The van der Waals surface area contributed by atoms with Gasteiger partial charge in [0.1, 0.15) is 0 Å². The van der Waals surface area contributed by atoms with E-state index in [0.29, 0.717) is 0 Å². The monoisotopic (exact) mass is 226 g/mol. The molecule has 0 aliphatic heterocycles. The third-order valence-electron chi connectivity index (χ3n) is 2.30. The number of thioether (sulfide) groups is 1. The van der Waals surface area contributed by atoms with Gasteiger partial charge in [0, 0.05) is 4.90 Å². The van der Waals surface area contributed by atoms with E-state index in [1.54, 1.807) is 0 Å². The van der Waals surface area contributed by atoms with Gasteiger partial charge in [-0.25, -0.2) is 0 Å². The third-order valence-corrected chi connectivity index (χ3v) is 3.70. The highest BCUT2D eigenvalue weighted by Crippen LogP contribution is 2.21. The van der Waals surface area contributed by atoms with Crippen LogP contribution in [-0.4, -0.2) is 11.5 Å². The van der Waals surface area contributed by atoms with Crippen LogP contribution in [0, 0.1) is 13.8 Å². The fourth-order valence-corrected chi connectivity index (χ4v) is 2.44. The van der Waals surface area contributed by atoms with Crippen molar-refractivity contribution in [3.63, 3.8) is 0 Å². The molecule has 0 nitrogen and oxygen atoms in total. The zero-order valence-electron chi connectivity index (χ0n) is 8.92. The summed E-state index contributed by atoms with van der Waals surface area (Å²) in [5.74, 6) is 2.22. The first-order valence-electron chi connectivity index (χ1n) is 5.05. The molecular weight excluding hydrogens is 208 g/mol. The predicted molar refractivity (Wildman–Crippen MR) is 69.7 cm³/mol. The van der Waals surface area contributed by atoms with E-state index in [-0.39, 0.29) is 0 Å². The lowest BCUT2D eigenvalue weighted by Gasteiger charge is -2.04. The number of thiol groups is 1. The summed E-state index contributed by atoms with van der Waals surface area (Å²) in [5.41, 5.74) is 2.77. The maximum atomic E-state index is 4.20. The molecule has 1 rings (SSSR count). The van der Waals surface area contributed by atoms with Crippen molar-refractivity contribution in [2.45, 2.75) is 31.6 Å². The Kier molecular flexibility index (Phi) is 5.49. The van der Waals surface area contributed by atoms with Gasteiger partial charge in [-0.05, 0) is 61.5 Å². The van der Waals surface area contributed by atoms with Crippen molar-refractivity contribution >= 4 is 24.4 Å². The van der Waals surface area contributed by atoms with Crippen LogP contribution in [0.2, 0.25) is 0 Å². The minimum absolute atomic E-state index is 1.01. The Labute approximate surface area is 96.9 Å². The fourth-order valence-electron chi connectivity index (χ4n) is 1.21. The van der Waals surface area contributed by atoms with Crippen molar-refractivity contribution in [2.24, 2.45) is 0 Å². The molecule has 1 aromatic rings. The van der Waals surface area contributed by atoms with Crippen LogP contribution < -0.4 is 0 Å². The van der Waals surface area contributed by atoms with Gasteiger partial charge >= 0.3 is 0 Å². The number of benzene rings is 1. The average Bonchev–Trinajstić information content (AvgIpc) is 2.18. The van der Waals surface area contributed by atoms with Gasteiger partial charge in [0.05, 0.1) is 0 Å². The molecule has 1 aromatic carbocycles. The molecule has 0 unspecified atom stereocenters. The molecule has 0 saturated heterocycles. The van der Waals surface area contributed by atoms with Crippen LogP contribution in [0.25, 0.3) is 0 Å². The van der Waals surface area contributed by atoms with E-state index in [2.05, 4.69) is 44.7 Å². The molecule has 0 atom stereocenters. The summed E-state index contributed by atoms with van der Waals surface area (Å²) >= 11 is 6.15. The maximum absolute atomic E-state index is 4.20. The molecule has 0 fully saturated rings. The van der Waals surface area contributed by atoms with E-state index in [0.717, 1.165) is 5.75 Å². The third kappa shape index (κ3) is 3.97. The molecule has 0 radical (unpaired) electrons. The molecule has 14 heavy (non-hydrogen) atoms. The van der Waals surface area contributed by atoms with E-state index in [4.69, 9.17) is 0 Å². The zero-order valence-corrected chi connectivity index (χ0v) is 10.6. The molecule has 0 bridgehead atoms. The molecule has 0 aromatic heterocycles. The van der Waals surface area contributed by atoms with Crippen LogP contribution >= 0.6 is 24.4 Å². The topological polar surface area (TPSA) is 0 Å². The molecule has 0 amide bonds. The number of unbranched alkanes of at least 4 members (excludes halogenated alkanes) is 1. The zero-order chi connectivity index (χ0) is 10.4. The van der Waals surface area contributed by atoms with E-state index < -0.39 is 0 Å². The van der Waals surface area contributed by atoms with E-state index in [1.165, 1.54) is 34.6 Å². The lowest BCUT2D eigenvalue weighted by atomic mass is 10.1. The molecule has 0 saturated carbocycles. The minimum atomic E-state index is 1.01. The average molecular weight is 226 g/mol. The molecule has 0 N–H and O–H groups in total. The Morgan fingerprint density at radius 2 is 1.93 bits per heavy atom.